The maximum Gasteiger partial charge on any atom is 0.460 e. The van der Waals surface area contributed by atoms with Gasteiger partial charge in [-0.3, -0.25) is 0 Å². The molecule has 0 aliphatic carbocycles. The molecule has 16 heteroatoms. The Morgan fingerprint density at radius 3 is 1.29 bits per heavy atom. The zero-order valence-corrected chi connectivity index (χ0v) is 11.7. The average molecular weight is 412 g/mol. The van der Waals surface area contributed by atoms with Crippen LogP contribution in [0.1, 0.15) is 6.92 Å². The summed E-state index contributed by atoms with van der Waals surface area (Å²) in [5.41, 5.74) is 0. The van der Waals surface area contributed by atoms with Gasteiger partial charge in [-0.05, 0) is 0 Å². The molecule has 0 amide bonds. The molecule has 0 aromatic carbocycles. The van der Waals surface area contributed by atoms with Gasteiger partial charge in [0.2, 0.25) is 0 Å². The molecule has 0 spiro atoms. The van der Waals surface area contributed by atoms with Crippen LogP contribution < -0.4 is 0 Å². The molecule has 0 bridgehead atoms. The predicted octanol–water partition coefficient (Wildman–Crippen LogP) is 4.38. The normalized spacial score (nSPS) is 17.1. The van der Waals surface area contributed by atoms with Gasteiger partial charge in [-0.25, -0.2) is 8.39 Å². The van der Waals surface area contributed by atoms with E-state index in [0.29, 0.717) is 0 Å². The molecule has 0 aliphatic heterocycles. The first-order valence-electron chi connectivity index (χ1n) is 5.24. The van der Waals surface area contributed by atoms with Gasteiger partial charge in [0.1, 0.15) is 0 Å². The number of rotatable bonds is 7. The first kappa shape index (κ1) is 23.2. The maximum atomic E-state index is 13.0. The largest absolute Gasteiger partial charge is 0.460 e. The van der Waals surface area contributed by atoms with Crippen LogP contribution in [0.2, 0.25) is 0 Å². The predicted molar refractivity (Wildman–Crippen MR) is 50.6 cm³/mol. The highest BCUT2D eigenvalue weighted by Crippen LogP contribution is 2.60. The van der Waals surface area contributed by atoms with Crippen LogP contribution in [0.5, 0.6) is 0 Å². The monoisotopic (exact) mass is 412 g/mol. The molecule has 1 unspecified atom stereocenters. The minimum Gasteiger partial charge on any atom is -0.230 e. The Hall–Kier alpha value is -0.800. The van der Waals surface area contributed by atoms with Gasteiger partial charge in [0.25, 0.3) is 0 Å². The van der Waals surface area contributed by atoms with E-state index in [-0.39, 0.29) is 0 Å². The SMILES string of the molecule is CCS(=O)OC(F)(F)C(F)(F)C(F)(F)C(F)(F)C(F)(F)C(F)(F)F. The van der Waals surface area contributed by atoms with E-state index in [2.05, 4.69) is 4.18 Å². The quantitative estimate of drug-likeness (QED) is 0.581. The molecule has 0 saturated heterocycles. The van der Waals surface area contributed by atoms with Gasteiger partial charge in [-0.1, -0.05) is 6.92 Å². The van der Waals surface area contributed by atoms with Crippen molar-refractivity contribution in [2.45, 2.75) is 42.9 Å². The summed E-state index contributed by atoms with van der Waals surface area (Å²) in [5, 5.41) is 0. The number of hydrogen-bond acceptors (Lipinski definition) is 2. The summed E-state index contributed by atoms with van der Waals surface area (Å²) in [4.78, 5) is 0. The van der Waals surface area contributed by atoms with Crippen molar-refractivity contribution in [1.82, 2.24) is 0 Å². The molecule has 0 fully saturated rings. The van der Waals surface area contributed by atoms with E-state index in [1.165, 1.54) is 0 Å². The summed E-state index contributed by atoms with van der Waals surface area (Å²) in [6.07, 6.45) is -14.2. The molecule has 146 valence electrons. The molecule has 24 heavy (non-hydrogen) atoms. The molecular formula is C8H5F13O2S. The summed E-state index contributed by atoms with van der Waals surface area (Å²) < 4.78 is 176. The van der Waals surface area contributed by atoms with Crippen molar-refractivity contribution in [3.63, 3.8) is 0 Å². The zero-order valence-electron chi connectivity index (χ0n) is 10.8. The molecular weight excluding hydrogens is 407 g/mol. The summed E-state index contributed by atoms with van der Waals surface area (Å²) in [5.74, 6) is -32.4. The maximum absolute atomic E-state index is 13.0. The topological polar surface area (TPSA) is 26.3 Å². The van der Waals surface area contributed by atoms with Crippen molar-refractivity contribution >= 4 is 11.1 Å². The molecule has 2 nitrogen and oxygen atoms in total. The molecule has 0 heterocycles. The number of hydrogen-bond donors (Lipinski definition) is 0. The first-order chi connectivity index (χ1) is 10.2. The van der Waals surface area contributed by atoms with Crippen LogP contribution in [0, 0.1) is 0 Å². The van der Waals surface area contributed by atoms with Crippen molar-refractivity contribution in [3.8, 4) is 0 Å². The van der Waals surface area contributed by atoms with E-state index in [4.69, 9.17) is 0 Å². The number of alkyl halides is 13. The lowest BCUT2D eigenvalue weighted by atomic mass is 9.97. The lowest BCUT2D eigenvalue weighted by molar-refractivity contribution is -0.456. The Kier molecular flexibility index (Phi) is 5.97. The van der Waals surface area contributed by atoms with E-state index < -0.39 is 52.8 Å². The van der Waals surface area contributed by atoms with Crippen LogP contribution >= 0.6 is 0 Å². The van der Waals surface area contributed by atoms with Crippen LogP contribution in [-0.2, 0) is 15.3 Å². The first-order valence-corrected chi connectivity index (χ1v) is 6.48. The van der Waals surface area contributed by atoms with Crippen molar-refractivity contribution in [2.75, 3.05) is 5.75 Å². The van der Waals surface area contributed by atoms with Crippen molar-refractivity contribution < 1.29 is 65.5 Å². The standard InChI is InChI=1S/C8H5F13O2S/c1-2-24(22)23-8(20,21)6(15,16)4(11,12)3(9,10)5(13,14)7(17,18)19/h2H2,1H3. The van der Waals surface area contributed by atoms with E-state index >= 15 is 0 Å². The van der Waals surface area contributed by atoms with Gasteiger partial charge >= 0.3 is 36.0 Å². The molecule has 0 rings (SSSR count). The van der Waals surface area contributed by atoms with Crippen molar-refractivity contribution in [3.05, 3.63) is 0 Å². The lowest BCUT2D eigenvalue weighted by Crippen LogP contribution is -2.70. The van der Waals surface area contributed by atoms with Gasteiger partial charge in [-0.2, -0.15) is 57.1 Å². The van der Waals surface area contributed by atoms with Gasteiger partial charge in [-0.15, -0.1) is 0 Å². The molecule has 0 aromatic rings. The Morgan fingerprint density at radius 1 is 0.667 bits per heavy atom. The Bertz CT molecular complexity index is 483. The van der Waals surface area contributed by atoms with Gasteiger partial charge in [0.05, 0.1) is 0 Å². The van der Waals surface area contributed by atoms with Crippen LogP contribution in [0.3, 0.4) is 0 Å². The van der Waals surface area contributed by atoms with Crippen LogP contribution in [0.15, 0.2) is 0 Å². The van der Waals surface area contributed by atoms with Gasteiger partial charge in [0.15, 0.2) is 11.1 Å². The second-order valence-electron chi connectivity index (χ2n) is 3.99. The Labute approximate surface area is 126 Å². The second kappa shape index (κ2) is 6.17. The molecule has 0 N–H and O–H groups in total. The summed E-state index contributed by atoms with van der Waals surface area (Å²) in [6, 6.07) is 0. The third-order valence-corrected chi connectivity index (χ3v) is 3.20. The van der Waals surface area contributed by atoms with Gasteiger partial charge < -0.3 is 0 Å². The molecule has 0 aromatic heterocycles. The minimum absolute atomic E-state index is 0.717. The average Bonchev–Trinajstić information content (AvgIpc) is 2.35. The third-order valence-electron chi connectivity index (χ3n) is 2.34. The molecule has 1 atom stereocenters. The zero-order chi connectivity index (χ0) is 20.0. The fourth-order valence-corrected chi connectivity index (χ4v) is 1.44. The molecule has 0 aliphatic rings. The Balaban J connectivity index is 6.15. The van der Waals surface area contributed by atoms with Crippen molar-refractivity contribution in [1.29, 1.82) is 0 Å². The number of halogens is 13. The highest BCUT2D eigenvalue weighted by atomic mass is 32.2. The van der Waals surface area contributed by atoms with E-state index in [0.717, 1.165) is 6.92 Å². The van der Waals surface area contributed by atoms with Crippen LogP contribution in [0.25, 0.3) is 0 Å². The van der Waals surface area contributed by atoms with Crippen molar-refractivity contribution in [2.24, 2.45) is 0 Å². The third kappa shape index (κ3) is 3.30. The summed E-state index contributed by atoms with van der Waals surface area (Å²) >= 11 is -3.46. The lowest BCUT2D eigenvalue weighted by Gasteiger charge is -2.38. The van der Waals surface area contributed by atoms with E-state index in [1.54, 1.807) is 0 Å². The van der Waals surface area contributed by atoms with Crippen LogP contribution in [-0.4, -0.2) is 45.9 Å². The van der Waals surface area contributed by atoms with E-state index in [9.17, 15) is 61.3 Å². The highest BCUT2D eigenvalue weighted by Gasteiger charge is 2.91. The molecule has 0 saturated carbocycles. The highest BCUT2D eigenvalue weighted by molar-refractivity contribution is 7.80. The fraction of sp³-hybridized carbons (Fsp3) is 1.00. The fourth-order valence-electron chi connectivity index (χ4n) is 0.983. The minimum atomic E-state index is -8.00. The summed E-state index contributed by atoms with van der Waals surface area (Å²) in [6.45, 7) is 0.717. The molecule has 0 radical (unpaired) electrons. The van der Waals surface area contributed by atoms with Crippen LogP contribution in [0.4, 0.5) is 57.1 Å². The second-order valence-corrected chi connectivity index (χ2v) is 5.34. The Morgan fingerprint density at radius 2 is 1.00 bits per heavy atom. The summed E-state index contributed by atoms with van der Waals surface area (Å²) in [7, 11) is 0. The van der Waals surface area contributed by atoms with Gasteiger partial charge in [0, 0.05) is 5.75 Å². The van der Waals surface area contributed by atoms with E-state index in [1.807, 2.05) is 0 Å². The smallest absolute Gasteiger partial charge is 0.230 e.